The molecule has 0 fully saturated rings. The average molecular weight is 347 g/mol. The molecule has 1 N–H and O–H groups in total. The Bertz CT molecular complexity index is 612. The molecule has 0 aliphatic rings. The number of carbonyl (C=O) groups excluding carboxylic acids is 1. The molecule has 21 heavy (non-hydrogen) atoms. The van der Waals surface area contributed by atoms with Crippen LogP contribution >= 0.6 is 15.9 Å². The molecule has 2 rings (SSSR count). The largest absolute Gasteiger partial charge is 0.383 e. The van der Waals surface area contributed by atoms with Crippen LogP contribution in [-0.4, -0.2) is 18.2 Å². The predicted octanol–water partition coefficient (Wildman–Crippen LogP) is 3.83. The van der Waals surface area contributed by atoms with Gasteiger partial charge < -0.3 is 10.2 Å². The number of carbonyl (C=O) groups is 1. The first-order chi connectivity index (χ1) is 10.1. The van der Waals surface area contributed by atoms with Gasteiger partial charge in [-0.05, 0) is 36.8 Å². The Labute approximate surface area is 131 Å². The molecule has 5 heteroatoms. The van der Waals surface area contributed by atoms with Crippen LogP contribution in [0.4, 0.5) is 5.69 Å². The van der Waals surface area contributed by atoms with Gasteiger partial charge >= 0.3 is 0 Å². The van der Waals surface area contributed by atoms with Crippen LogP contribution < -0.4 is 5.32 Å². The van der Waals surface area contributed by atoms with Crippen LogP contribution in [0.3, 0.4) is 0 Å². The van der Waals surface area contributed by atoms with Crippen molar-refractivity contribution >= 4 is 33.7 Å². The van der Waals surface area contributed by atoms with Crippen LogP contribution in [0.2, 0.25) is 0 Å². The van der Waals surface area contributed by atoms with E-state index in [0.29, 0.717) is 5.69 Å². The number of hydrogen-bond acceptors (Lipinski definition) is 3. The number of hydrogen-bond donors (Lipinski definition) is 1. The van der Waals surface area contributed by atoms with Gasteiger partial charge in [0.15, 0.2) is 0 Å². The molecule has 0 bridgehead atoms. The minimum atomic E-state index is -0.673. The molecule has 0 saturated heterocycles. The highest BCUT2D eigenvalue weighted by Crippen LogP contribution is 2.14. The number of halogens is 1. The van der Waals surface area contributed by atoms with Gasteiger partial charge in [-0.25, -0.2) is 0 Å². The van der Waals surface area contributed by atoms with Crippen molar-refractivity contribution in [2.24, 2.45) is 5.16 Å². The molecule has 4 nitrogen and oxygen atoms in total. The van der Waals surface area contributed by atoms with Crippen molar-refractivity contribution in [2.75, 3.05) is 5.32 Å². The number of anilines is 1. The molecule has 0 radical (unpaired) electrons. The second-order valence-corrected chi connectivity index (χ2v) is 5.30. The van der Waals surface area contributed by atoms with Gasteiger partial charge in [0.2, 0.25) is 6.10 Å². The van der Waals surface area contributed by atoms with E-state index < -0.39 is 6.10 Å². The third-order valence-corrected chi connectivity index (χ3v) is 3.23. The van der Waals surface area contributed by atoms with Crippen molar-refractivity contribution in [3.63, 3.8) is 0 Å². The normalized spacial score (nSPS) is 12.1. The third kappa shape index (κ3) is 5.04. The lowest BCUT2D eigenvalue weighted by Crippen LogP contribution is -2.26. The van der Waals surface area contributed by atoms with Crippen LogP contribution in [0.25, 0.3) is 0 Å². The van der Waals surface area contributed by atoms with Crippen molar-refractivity contribution < 1.29 is 9.63 Å². The molecule has 2 aromatic carbocycles. The van der Waals surface area contributed by atoms with E-state index in [0.717, 1.165) is 10.0 Å². The Balaban J connectivity index is 1.85. The zero-order valence-corrected chi connectivity index (χ0v) is 13.1. The molecular weight excluding hydrogens is 332 g/mol. The van der Waals surface area contributed by atoms with Gasteiger partial charge in [-0.3, -0.25) is 4.79 Å². The maximum absolute atomic E-state index is 11.9. The van der Waals surface area contributed by atoms with Crippen LogP contribution in [0, 0.1) is 0 Å². The summed E-state index contributed by atoms with van der Waals surface area (Å²) in [6.07, 6.45) is 0.900. The molecule has 0 spiro atoms. The summed E-state index contributed by atoms with van der Waals surface area (Å²) in [7, 11) is 0. The fourth-order valence-electron chi connectivity index (χ4n) is 1.55. The Morgan fingerprint density at radius 1 is 1.19 bits per heavy atom. The van der Waals surface area contributed by atoms with E-state index in [2.05, 4.69) is 26.4 Å². The highest BCUT2D eigenvalue weighted by molar-refractivity contribution is 9.10. The fraction of sp³-hybridized carbons (Fsp3) is 0.125. The summed E-state index contributed by atoms with van der Waals surface area (Å²) in [4.78, 5) is 17.1. The molecule has 0 saturated carbocycles. The molecule has 1 unspecified atom stereocenters. The van der Waals surface area contributed by atoms with Gasteiger partial charge in [0.05, 0.1) is 6.21 Å². The number of oxime groups is 1. The molecule has 0 aliphatic heterocycles. The second kappa shape index (κ2) is 7.59. The van der Waals surface area contributed by atoms with Gasteiger partial charge in [-0.15, -0.1) is 0 Å². The van der Waals surface area contributed by atoms with Gasteiger partial charge in [-0.2, -0.15) is 0 Å². The van der Waals surface area contributed by atoms with E-state index in [-0.39, 0.29) is 5.91 Å². The maximum atomic E-state index is 11.9. The Hall–Kier alpha value is -2.14. The lowest BCUT2D eigenvalue weighted by Gasteiger charge is -2.10. The molecule has 2 aromatic rings. The molecule has 0 aromatic heterocycles. The lowest BCUT2D eigenvalue weighted by molar-refractivity contribution is -0.126. The molecule has 1 amide bonds. The summed E-state index contributed by atoms with van der Waals surface area (Å²) in [5, 5.41) is 6.58. The first-order valence-electron chi connectivity index (χ1n) is 6.46. The van der Waals surface area contributed by atoms with Crippen LogP contribution in [0.1, 0.15) is 12.5 Å². The van der Waals surface area contributed by atoms with E-state index in [9.17, 15) is 4.79 Å². The summed E-state index contributed by atoms with van der Waals surface area (Å²) in [6, 6.07) is 16.9. The standard InChI is InChI=1S/C16H15BrN2O2/c1-12(21-18-11-13-5-3-2-4-6-13)16(20)19-15-9-7-14(17)8-10-15/h2-12H,1H3,(H,19,20)/b18-11+. The smallest absolute Gasteiger partial charge is 0.267 e. The van der Waals surface area contributed by atoms with Crippen molar-refractivity contribution in [1.29, 1.82) is 0 Å². The van der Waals surface area contributed by atoms with E-state index >= 15 is 0 Å². The van der Waals surface area contributed by atoms with Crippen LogP contribution in [0.5, 0.6) is 0 Å². The highest BCUT2D eigenvalue weighted by atomic mass is 79.9. The minimum absolute atomic E-state index is 0.248. The fourth-order valence-corrected chi connectivity index (χ4v) is 1.81. The molecular formula is C16H15BrN2O2. The SMILES string of the molecule is CC(O/N=C/c1ccccc1)C(=O)Nc1ccc(Br)cc1. The molecule has 108 valence electrons. The van der Waals surface area contributed by atoms with Crippen molar-refractivity contribution in [3.8, 4) is 0 Å². The van der Waals surface area contributed by atoms with E-state index in [1.807, 2.05) is 54.6 Å². The second-order valence-electron chi connectivity index (χ2n) is 4.39. The number of benzene rings is 2. The van der Waals surface area contributed by atoms with Crippen molar-refractivity contribution in [1.82, 2.24) is 0 Å². The average Bonchev–Trinajstić information content (AvgIpc) is 2.50. The molecule has 1 atom stereocenters. The molecule has 0 heterocycles. The van der Waals surface area contributed by atoms with Gasteiger partial charge in [0, 0.05) is 10.2 Å². The quantitative estimate of drug-likeness (QED) is 0.660. The van der Waals surface area contributed by atoms with E-state index in [1.165, 1.54) is 0 Å². The van der Waals surface area contributed by atoms with E-state index in [4.69, 9.17) is 4.84 Å². The number of amides is 1. The highest BCUT2D eigenvalue weighted by Gasteiger charge is 2.13. The first kappa shape index (κ1) is 15.3. The van der Waals surface area contributed by atoms with Gasteiger partial charge in [-0.1, -0.05) is 51.4 Å². The Kier molecular flexibility index (Phi) is 5.51. The van der Waals surface area contributed by atoms with Crippen LogP contribution in [-0.2, 0) is 9.63 Å². The lowest BCUT2D eigenvalue weighted by atomic mass is 10.2. The monoisotopic (exact) mass is 346 g/mol. The summed E-state index contributed by atoms with van der Waals surface area (Å²) >= 11 is 3.34. The summed E-state index contributed by atoms with van der Waals surface area (Å²) in [5.41, 5.74) is 1.63. The van der Waals surface area contributed by atoms with Gasteiger partial charge in [0.25, 0.3) is 5.91 Å². The zero-order valence-electron chi connectivity index (χ0n) is 11.5. The molecule has 0 aliphatic carbocycles. The summed E-state index contributed by atoms with van der Waals surface area (Å²) < 4.78 is 0.956. The van der Waals surface area contributed by atoms with Crippen molar-refractivity contribution in [3.05, 3.63) is 64.6 Å². The number of nitrogens with zero attached hydrogens (tertiary/aromatic N) is 1. The Morgan fingerprint density at radius 2 is 1.86 bits per heavy atom. The van der Waals surface area contributed by atoms with Gasteiger partial charge in [0.1, 0.15) is 0 Å². The maximum Gasteiger partial charge on any atom is 0.267 e. The topological polar surface area (TPSA) is 50.7 Å². The first-order valence-corrected chi connectivity index (χ1v) is 7.25. The predicted molar refractivity (Wildman–Crippen MR) is 87.4 cm³/mol. The number of rotatable bonds is 5. The zero-order chi connectivity index (χ0) is 15.1. The minimum Gasteiger partial charge on any atom is -0.383 e. The van der Waals surface area contributed by atoms with Crippen molar-refractivity contribution in [2.45, 2.75) is 13.0 Å². The third-order valence-electron chi connectivity index (χ3n) is 2.70. The van der Waals surface area contributed by atoms with Crippen LogP contribution in [0.15, 0.2) is 64.2 Å². The van der Waals surface area contributed by atoms with E-state index in [1.54, 1.807) is 13.1 Å². The number of nitrogens with one attached hydrogen (secondary N) is 1. The Morgan fingerprint density at radius 3 is 2.52 bits per heavy atom. The summed E-state index contributed by atoms with van der Waals surface area (Å²) in [6.45, 7) is 1.65. The summed E-state index contributed by atoms with van der Waals surface area (Å²) in [5.74, 6) is -0.248.